The Bertz CT molecular complexity index is 132. The lowest BCUT2D eigenvalue weighted by molar-refractivity contribution is -0.274. The number of hydrogen-bond acceptors (Lipinski definition) is 2. The minimum absolute atomic E-state index is 2.03. The highest BCUT2D eigenvalue weighted by molar-refractivity contribution is 6.41. The van der Waals surface area contributed by atoms with E-state index in [1.165, 1.54) is 0 Å². The molecule has 8 heteroatoms. The van der Waals surface area contributed by atoms with Gasteiger partial charge in [0.25, 0.3) is 0 Å². The summed E-state index contributed by atoms with van der Waals surface area (Å²) in [4.78, 5) is 0. The minimum atomic E-state index is -5.73. The molecule has 0 aliphatic heterocycles. The quantitative estimate of drug-likeness (QED) is 0.481. The topological polar surface area (TPSA) is 40.5 Å². The molecule has 0 fully saturated rings. The average Bonchev–Trinajstić information content (AvgIpc) is 1.56. The van der Waals surface area contributed by atoms with E-state index in [4.69, 9.17) is 10.0 Å². The van der Waals surface area contributed by atoms with E-state index in [2.05, 4.69) is 0 Å². The maximum absolute atomic E-state index is 11.7. The van der Waals surface area contributed by atoms with E-state index >= 15 is 0 Å². The number of alkyl halides is 5. The van der Waals surface area contributed by atoms with Crippen LogP contribution < -0.4 is 0 Å². The summed E-state index contributed by atoms with van der Waals surface area (Å²) in [7, 11) is -2.66. The third kappa shape index (κ3) is 3.02. The predicted octanol–water partition coefficient (Wildman–Crippen LogP) is 0.657. The number of rotatable bonds is 2. The first kappa shape index (κ1) is 10.6. The third-order valence-electron chi connectivity index (χ3n) is 0.854. The van der Waals surface area contributed by atoms with Crippen molar-refractivity contribution in [3.8, 4) is 0 Å². The maximum atomic E-state index is 11.7. The summed E-state index contributed by atoms with van der Waals surface area (Å²) in [6, 6.07) is 0. The molecule has 0 amide bonds. The van der Waals surface area contributed by atoms with Crippen LogP contribution in [0.15, 0.2) is 0 Å². The van der Waals surface area contributed by atoms with E-state index < -0.39 is 25.5 Å². The zero-order valence-electron chi connectivity index (χ0n) is 5.07. The molecule has 0 rings (SSSR count). The minimum Gasteiger partial charge on any atom is -0.427 e. The second-order valence-electron chi connectivity index (χ2n) is 1.89. The summed E-state index contributed by atoms with van der Waals surface area (Å²) in [5, 5.41) is 15.7. The van der Waals surface area contributed by atoms with Crippen LogP contribution in [-0.2, 0) is 0 Å². The van der Waals surface area contributed by atoms with Crippen LogP contribution in [-0.4, -0.2) is 29.3 Å². The summed E-state index contributed by atoms with van der Waals surface area (Å²) in [6.07, 6.45) is -7.76. The average molecular weight is 178 g/mol. The zero-order valence-corrected chi connectivity index (χ0v) is 5.07. The van der Waals surface area contributed by atoms with E-state index in [0.29, 0.717) is 0 Å². The van der Waals surface area contributed by atoms with Crippen LogP contribution >= 0.6 is 0 Å². The molecule has 0 aliphatic rings. The Balaban J connectivity index is 4.22. The van der Waals surface area contributed by atoms with Crippen LogP contribution in [0.3, 0.4) is 0 Å². The molecule has 0 aliphatic carbocycles. The lowest BCUT2D eigenvalue weighted by Gasteiger charge is -2.18. The molecule has 0 bridgehead atoms. The van der Waals surface area contributed by atoms with Gasteiger partial charge in [0.05, 0.1) is 6.32 Å². The first-order valence-corrected chi connectivity index (χ1v) is 2.47. The number of hydrogen-bond donors (Lipinski definition) is 2. The molecule has 0 atom stereocenters. The molecule has 0 radical (unpaired) electrons. The van der Waals surface area contributed by atoms with Crippen molar-refractivity contribution in [2.75, 3.05) is 0 Å². The van der Waals surface area contributed by atoms with Crippen LogP contribution in [0.2, 0.25) is 6.32 Å². The van der Waals surface area contributed by atoms with Crippen LogP contribution in [0.4, 0.5) is 22.0 Å². The highest BCUT2D eigenvalue weighted by Gasteiger charge is 2.58. The van der Waals surface area contributed by atoms with E-state index in [0.717, 1.165) is 0 Å². The molecule has 2 nitrogen and oxygen atoms in total. The first-order chi connectivity index (χ1) is 4.67. The van der Waals surface area contributed by atoms with Crippen molar-refractivity contribution in [2.45, 2.75) is 18.4 Å². The zero-order chi connectivity index (χ0) is 9.28. The van der Waals surface area contributed by atoms with Gasteiger partial charge in [0.2, 0.25) is 0 Å². The summed E-state index contributed by atoms with van der Waals surface area (Å²) >= 11 is 0. The van der Waals surface area contributed by atoms with E-state index in [9.17, 15) is 22.0 Å². The molecular weight excluding hydrogens is 174 g/mol. The maximum Gasteiger partial charge on any atom is 0.457 e. The molecule has 11 heavy (non-hydrogen) atoms. The highest BCUT2D eigenvalue weighted by Crippen LogP contribution is 2.38. The summed E-state index contributed by atoms with van der Waals surface area (Å²) in [6.45, 7) is 0. The van der Waals surface area contributed by atoms with Crippen molar-refractivity contribution in [3.05, 3.63) is 0 Å². The van der Waals surface area contributed by atoms with Crippen LogP contribution in [0.1, 0.15) is 0 Å². The van der Waals surface area contributed by atoms with Crippen molar-refractivity contribution in [3.63, 3.8) is 0 Å². The Morgan fingerprint density at radius 2 is 1.36 bits per heavy atom. The van der Waals surface area contributed by atoms with E-state index in [1.807, 2.05) is 0 Å². The smallest absolute Gasteiger partial charge is 0.427 e. The molecule has 0 heterocycles. The molecule has 0 unspecified atom stereocenters. The summed E-state index contributed by atoms with van der Waals surface area (Å²) in [5.41, 5.74) is 0. The predicted molar refractivity (Wildman–Crippen MR) is 26.0 cm³/mol. The van der Waals surface area contributed by atoms with Crippen molar-refractivity contribution < 1.29 is 32.0 Å². The number of halogens is 5. The fraction of sp³-hybridized carbons (Fsp3) is 1.00. The highest BCUT2D eigenvalue weighted by atomic mass is 19.4. The molecule has 0 saturated carbocycles. The SMILES string of the molecule is OB(O)CC(F)(F)C(F)(F)F. The second-order valence-corrected chi connectivity index (χ2v) is 1.89. The van der Waals surface area contributed by atoms with Gasteiger partial charge in [-0.25, -0.2) is 0 Å². The van der Waals surface area contributed by atoms with E-state index in [-0.39, 0.29) is 0 Å². The Morgan fingerprint density at radius 1 is 1.00 bits per heavy atom. The van der Waals surface area contributed by atoms with Gasteiger partial charge >= 0.3 is 19.2 Å². The molecule has 66 valence electrons. The van der Waals surface area contributed by atoms with Gasteiger partial charge in [-0.3, -0.25) is 0 Å². The van der Waals surface area contributed by atoms with Gasteiger partial charge in [-0.1, -0.05) is 0 Å². The van der Waals surface area contributed by atoms with Crippen LogP contribution in [0.5, 0.6) is 0 Å². The van der Waals surface area contributed by atoms with Gasteiger partial charge in [0, 0.05) is 0 Å². The molecule has 0 aromatic rings. The van der Waals surface area contributed by atoms with Crippen molar-refractivity contribution in [2.24, 2.45) is 0 Å². The van der Waals surface area contributed by atoms with Gasteiger partial charge < -0.3 is 10.0 Å². The normalized spacial score (nSPS) is 13.4. The molecule has 0 aromatic carbocycles. The van der Waals surface area contributed by atoms with Crippen LogP contribution in [0.25, 0.3) is 0 Å². The van der Waals surface area contributed by atoms with Crippen LogP contribution in [0, 0.1) is 0 Å². The fourth-order valence-corrected chi connectivity index (χ4v) is 0.345. The van der Waals surface area contributed by atoms with Gasteiger partial charge in [0.1, 0.15) is 0 Å². The third-order valence-corrected chi connectivity index (χ3v) is 0.854. The molecule has 0 aromatic heterocycles. The van der Waals surface area contributed by atoms with Crippen molar-refractivity contribution in [1.29, 1.82) is 0 Å². The summed E-state index contributed by atoms with van der Waals surface area (Å²) < 4.78 is 57.1. The molecule has 2 N–H and O–H groups in total. The Labute approximate surface area is 58.8 Å². The van der Waals surface area contributed by atoms with Crippen molar-refractivity contribution >= 4 is 7.12 Å². The van der Waals surface area contributed by atoms with Gasteiger partial charge in [-0.15, -0.1) is 0 Å². The molecular formula is C3H4BF5O2. The standard InChI is InChI=1S/C3H4BF5O2/c5-2(6,1-4(10)11)3(7,8)9/h10-11H,1H2. The van der Waals surface area contributed by atoms with Gasteiger partial charge in [0.15, 0.2) is 0 Å². The Hall–Kier alpha value is -0.365. The van der Waals surface area contributed by atoms with E-state index in [1.54, 1.807) is 0 Å². The second kappa shape index (κ2) is 2.94. The summed E-state index contributed by atoms with van der Waals surface area (Å²) in [5.74, 6) is -5.04. The van der Waals surface area contributed by atoms with Crippen molar-refractivity contribution in [1.82, 2.24) is 0 Å². The van der Waals surface area contributed by atoms with Gasteiger partial charge in [-0.05, 0) is 0 Å². The largest absolute Gasteiger partial charge is 0.457 e. The van der Waals surface area contributed by atoms with Gasteiger partial charge in [-0.2, -0.15) is 22.0 Å². The Kier molecular flexibility index (Phi) is 2.84. The Morgan fingerprint density at radius 3 is 1.45 bits per heavy atom. The monoisotopic (exact) mass is 178 g/mol. The lowest BCUT2D eigenvalue weighted by Crippen LogP contribution is -2.40. The fourth-order valence-electron chi connectivity index (χ4n) is 0.345. The molecule has 0 spiro atoms. The first-order valence-electron chi connectivity index (χ1n) is 2.47. The lowest BCUT2D eigenvalue weighted by atomic mass is 9.82. The molecule has 0 saturated heterocycles.